The van der Waals surface area contributed by atoms with Crippen molar-refractivity contribution in [2.75, 3.05) is 31.6 Å². The SMILES string of the molecule is CCNc1cc(C(=O)NCCOCC(C)C)ccn1. The van der Waals surface area contributed by atoms with Crippen LogP contribution in [-0.4, -0.2) is 37.2 Å². The van der Waals surface area contributed by atoms with Gasteiger partial charge in [-0.15, -0.1) is 0 Å². The minimum absolute atomic E-state index is 0.102. The highest BCUT2D eigenvalue weighted by Gasteiger charge is 2.06. The second kappa shape index (κ2) is 8.48. The molecule has 5 nitrogen and oxygen atoms in total. The molecule has 0 atom stereocenters. The van der Waals surface area contributed by atoms with Gasteiger partial charge in [0.25, 0.3) is 5.91 Å². The van der Waals surface area contributed by atoms with Crippen LogP contribution in [0.4, 0.5) is 5.82 Å². The van der Waals surface area contributed by atoms with Crippen molar-refractivity contribution in [1.29, 1.82) is 0 Å². The van der Waals surface area contributed by atoms with Crippen molar-refractivity contribution >= 4 is 11.7 Å². The molecule has 0 aliphatic carbocycles. The van der Waals surface area contributed by atoms with Crippen molar-refractivity contribution in [1.82, 2.24) is 10.3 Å². The molecule has 1 aromatic heterocycles. The van der Waals surface area contributed by atoms with Crippen LogP contribution in [-0.2, 0) is 4.74 Å². The number of aromatic nitrogens is 1. The lowest BCUT2D eigenvalue weighted by molar-refractivity contribution is 0.0886. The number of amides is 1. The van der Waals surface area contributed by atoms with Gasteiger partial charge in [-0.05, 0) is 25.0 Å². The fourth-order valence-corrected chi connectivity index (χ4v) is 1.51. The lowest BCUT2D eigenvalue weighted by Gasteiger charge is -2.09. The highest BCUT2D eigenvalue weighted by atomic mass is 16.5. The van der Waals surface area contributed by atoms with Crippen molar-refractivity contribution in [2.45, 2.75) is 20.8 Å². The zero-order valence-electron chi connectivity index (χ0n) is 11.9. The molecule has 0 unspecified atom stereocenters. The molecular formula is C14H23N3O2. The molecule has 0 saturated heterocycles. The molecule has 0 aromatic carbocycles. The smallest absolute Gasteiger partial charge is 0.251 e. The highest BCUT2D eigenvalue weighted by molar-refractivity contribution is 5.94. The molecule has 1 heterocycles. The molecule has 0 radical (unpaired) electrons. The van der Waals surface area contributed by atoms with E-state index in [-0.39, 0.29) is 5.91 Å². The molecule has 0 aliphatic heterocycles. The Morgan fingerprint density at radius 1 is 1.47 bits per heavy atom. The van der Waals surface area contributed by atoms with Crippen LogP contribution in [0.15, 0.2) is 18.3 Å². The molecule has 1 rings (SSSR count). The minimum atomic E-state index is -0.102. The standard InChI is InChI=1S/C14H23N3O2/c1-4-15-13-9-12(5-6-16-13)14(18)17-7-8-19-10-11(2)3/h5-6,9,11H,4,7-8,10H2,1-3H3,(H,15,16)(H,17,18). The van der Waals surface area contributed by atoms with E-state index in [0.29, 0.717) is 30.5 Å². The first-order chi connectivity index (χ1) is 9.13. The lowest BCUT2D eigenvalue weighted by atomic mass is 10.2. The number of hydrogen-bond donors (Lipinski definition) is 2. The third kappa shape index (κ3) is 6.20. The van der Waals surface area contributed by atoms with Crippen LogP contribution >= 0.6 is 0 Å². The monoisotopic (exact) mass is 265 g/mol. The summed E-state index contributed by atoms with van der Waals surface area (Å²) in [5.41, 5.74) is 0.606. The first kappa shape index (κ1) is 15.4. The number of nitrogens with one attached hydrogen (secondary N) is 2. The van der Waals surface area contributed by atoms with Crippen molar-refractivity contribution < 1.29 is 9.53 Å². The number of ether oxygens (including phenoxy) is 1. The first-order valence-electron chi connectivity index (χ1n) is 6.69. The Morgan fingerprint density at radius 3 is 2.95 bits per heavy atom. The normalized spacial score (nSPS) is 10.5. The second-order valence-corrected chi connectivity index (χ2v) is 4.68. The third-order valence-electron chi connectivity index (χ3n) is 2.36. The van der Waals surface area contributed by atoms with Crippen LogP contribution in [0.1, 0.15) is 31.1 Å². The van der Waals surface area contributed by atoms with Gasteiger partial charge in [-0.1, -0.05) is 13.8 Å². The maximum Gasteiger partial charge on any atom is 0.251 e. The molecule has 0 saturated carbocycles. The Balaban J connectivity index is 2.34. The highest BCUT2D eigenvalue weighted by Crippen LogP contribution is 2.06. The Hall–Kier alpha value is -1.62. The fraction of sp³-hybridized carbons (Fsp3) is 0.571. The van der Waals surface area contributed by atoms with E-state index in [0.717, 1.165) is 13.2 Å². The molecule has 0 aliphatic rings. The maximum atomic E-state index is 11.9. The van der Waals surface area contributed by atoms with E-state index in [1.165, 1.54) is 0 Å². The van der Waals surface area contributed by atoms with Gasteiger partial charge in [0.1, 0.15) is 5.82 Å². The number of pyridine rings is 1. The number of rotatable bonds is 8. The lowest BCUT2D eigenvalue weighted by Crippen LogP contribution is -2.27. The topological polar surface area (TPSA) is 63.2 Å². The predicted molar refractivity (Wildman–Crippen MR) is 76.4 cm³/mol. The van der Waals surface area contributed by atoms with Crippen LogP contribution in [0.25, 0.3) is 0 Å². The van der Waals surface area contributed by atoms with E-state index in [1.54, 1.807) is 18.3 Å². The average molecular weight is 265 g/mol. The van der Waals surface area contributed by atoms with Crippen molar-refractivity contribution in [3.63, 3.8) is 0 Å². The van der Waals surface area contributed by atoms with Crippen LogP contribution < -0.4 is 10.6 Å². The van der Waals surface area contributed by atoms with Gasteiger partial charge in [-0.25, -0.2) is 4.98 Å². The quantitative estimate of drug-likeness (QED) is 0.705. The Bertz CT molecular complexity index is 394. The summed E-state index contributed by atoms with van der Waals surface area (Å²) >= 11 is 0. The summed E-state index contributed by atoms with van der Waals surface area (Å²) in [5, 5.41) is 5.90. The fourth-order valence-electron chi connectivity index (χ4n) is 1.51. The van der Waals surface area contributed by atoms with Gasteiger partial charge in [-0.2, -0.15) is 0 Å². The summed E-state index contributed by atoms with van der Waals surface area (Å²) in [5.74, 6) is 1.12. The van der Waals surface area contributed by atoms with Crippen LogP contribution in [0.5, 0.6) is 0 Å². The molecule has 5 heteroatoms. The summed E-state index contributed by atoms with van der Waals surface area (Å²) < 4.78 is 5.40. The largest absolute Gasteiger partial charge is 0.379 e. The molecule has 19 heavy (non-hydrogen) atoms. The van der Waals surface area contributed by atoms with Crippen LogP contribution in [0, 0.1) is 5.92 Å². The Morgan fingerprint density at radius 2 is 2.26 bits per heavy atom. The zero-order valence-corrected chi connectivity index (χ0v) is 11.9. The van der Waals surface area contributed by atoms with E-state index in [1.807, 2.05) is 6.92 Å². The van der Waals surface area contributed by atoms with Gasteiger partial charge >= 0.3 is 0 Å². The zero-order chi connectivity index (χ0) is 14.1. The molecule has 1 amide bonds. The number of carbonyl (C=O) groups excluding carboxylic acids is 1. The van der Waals surface area contributed by atoms with Crippen molar-refractivity contribution in [3.8, 4) is 0 Å². The Kier molecular flexibility index (Phi) is 6.89. The first-order valence-corrected chi connectivity index (χ1v) is 6.69. The second-order valence-electron chi connectivity index (χ2n) is 4.68. The predicted octanol–water partition coefficient (Wildman–Crippen LogP) is 1.92. The Labute approximate surface area is 114 Å². The maximum absolute atomic E-state index is 11.9. The van der Waals surface area contributed by atoms with E-state index >= 15 is 0 Å². The summed E-state index contributed by atoms with van der Waals surface area (Å²) in [6.07, 6.45) is 1.63. The third-order valence-corrected chi connectivity index (χ3v) is 2.36. The molecular weight excluding hydrogens is 242 g/mol. The molecule has 0 spiro atoms. The number of hydrogen-bond acceptors (Lipinski definition) is 4. The van der Waals surface area contributed by atoms with Crippen LogP contribution in [0.2, 0.25) is 0 Å². The molecule has 0 fully saturated rings. The van der Waals surface area contributed by atoms with Gasteiger partial charge in [0, 0.05) is 31.5 Å². The average Bonchev–Trinajstić information content (AvgIpc) is 2.38. The van der Waals surface area contributed by atoms with Gasteiger partial charge in [0.05, 0.1) is 6.61 Å². The summed E-state index contributed by atoms with van der Waals surface area (Å²) in [7, 11) is 0. The summed E-state index contributed by atoms with van der Waals surface area (Å²) in [4.78, 5) is 16.0. The molecule has 0 bridgehead atoms. The van der Waals surface area contributed by atoms with Gasteiger partial charge < -0.3 is 15.4 Å². The van der Waals surface area contributed by atoms with Crippen LogP contribution in [0.3, 0.4) is 0 Å². The number of nitrogens with zero attached hydrogens (tertiary/aromatic N) is 1. The van der Waals surface area contributed by atoms with Gasteiger partial charge in [-0.3, -0.25) is 4.79 Å². The van der Waals surface area contributed by atoms with Crippen molar-refractivity contribution in [2.24, 2.45) is 5.92 Å². The van der Waals surface area contributed by atoms with E-state index in [2.05, 4.69) is 29.5 Å². The summed E-state index contributed by atoms with van der Waals surface area (Å²) in [6.45, 7) is 8.73. The van der Waals surface area contributed by atoms with Gasteiger partial charge in [0.15, 0.2) is 0 Å². The molecule has 1 aromatic rings. The number of carbonyl (C=O) groups is 1. The van der Waals surface area contributed by atoms with E-state index in [9.17, 15) is 4.79 Å². The van der Waals surface area contributed by atoms with Gasteiger partial charge in [0.2, 0.25) is 0 Å². The van der Waals surface area contributed by atoms with E-state index < -0.39 is 0 Å². The molecule has 2 N–H and O–H groups in total. The molecule has 106 valence electrons. The summed E-state index contributed by atoms with van der Waals surface area (Å²) in [6, 6.07) is 3.44. The number of anilines is 1. The van der Waals surface area contributed by atoms with Crippen molar-refractivity contribution in [3.05, 3.63) is 23.9 Å². The minimum Gasteiger partial charge on any atom is -0.379 e. The van der Waals surface area contributed by atoms with E-state index in [4.69, 9.17) is 4.74 Å².